The van der Waals surface area contributed by atoms with Crippen molar-refractivity contribution in [3.63, 3.8) is 0 Å². The van der Waals surface area contributed by atoms with E-state index in [4.69, 9.17) is 0 Å². The summed E-state index contributed by atoms with van der Waals surface area (Å²) in [6.07, 6.45) is 4.86. The van der Waals surface area contributed by atoms with Crippen LogP contribution in [0.1, 0.15) is 0 Å². The molecule has 0 unspecified atom stereocenters. The Morgan fingerprint density at radius 2 is 2.11 bits per heavy atom. The van der Waals surface area contributed by atoms with E-state index in [9.17, 15) is 8.42 Å². The number of aromatic nitrogens is 2. The number of hydrogen-bond acceptors (Lipinski definition) is 3. The van der Waals surface area contributed by atoms with Gasteiger partial charge in [0.15, 0.2) is 0 Å². The quantitative estimate of drug-likeness (QED) is 0.769. The second kappa shape index (κ2) is 5.40. The number of halogens is 1. The first-order valence-corrected chi connectivity index (χ1v) is 8.54. The summed E-state index contributed by atoms with van der Waals surface area (Å²) >= 11 is 2.26. The Labute approximate surface area is 120 Å². The van der Waals surface area contributed by atoms with Gasteiger partial charge in [-0.15, -0.1) is 0 Å². The molecule has 1 heterocycles. The molecule has 0 amide bonds. The van der Waals surface area contributed by atoms with Crippen molar-refractivity contribution in [1.82, 2.24) is 9.78 Å². The van der Waals surface area contributed by atoms with E-state index in [1.54, 1.807) is 10.9 Å². The summed E-state index contributed by atoms with van der Waals surface area (Å²) in [6, 6.07) is 8.10. The second-order valence-electron chi connectivity index (χ2n) is 4.13. The van der Waals surface area contributed by atoms with Crippen molar-refractivity contribution < 1.29 is 8.42 Å². The maximum Gasteiger partial charge on any atom is 0.149 e. The smallest absolute Gasteiger partial charge is 0.149 e. The fraction of sp³-hybridized carbons (Fsp3) is 0.250. The Bertz CT molecular complexity index is 650. The van der Waals surface area contributed by atoms with Crippen molar-refractivity contribution in [2.24, 2.45) is 0 Å². The van der Waals surface area contributed by atoms with Crippen LogP contribution in [0.3, 0.4) is 0 Å². The van der Waals surface area contributed by atoms with Gasteiger partial charge in [0.05, 0.1) is 18.5 Å². The standard InChI is InChI=1S/C12H13IN2O2S/c1-18(16,17)6-5-15-9-11(8-14-15)10-3-2-4-12(13)7-10/h2-4,7-9H,5-6H2,1H3. The molecule has 0 atom stereocenters. The van der Waals surface area contributed by atoms with E-state index in [2.05, 4.69) is 33.8 Å². The number of rotatable bonds is 4. The Balaban J connectivity index is 2.16. The molecule has 1 aromatic carbocycles. The van der Waals surface area contributed by atoms with Gasteiger partial charge in [-0.3, -0.25) is 4.68 Å². The Morgan fingerprint density at radius 3 is 2.78 bits per heavy atom. The largest absolute Gasteiger partial charge is 0.271 e. The zero-order valence-electron chi connectivity index (χ0n) is 9.88. The maximum absolute atomic E-state index is 11.1. The number of hydrogen-bond donors (Lipinski definition) is 0. The number of aryl methyl sites for hydroxylation is 1. The van der Waals surface area contributed by atoms with Crippen LogP contribution in [0.5, 0.6) is 0 Å². The summed E-state index contributed by atoms with van der Waals surface area (Å²) < 4.78 is 25.0. The van der Waals surface area contributed by atoms with Gasteiger partial charge in [-0.25, -0.2) is 8.42 Å². The van der Waals surface area contributed by atoms with Crippen LogP contribution in [0, 0.1) is 3.57 Å². The van der Waals surface area contributed by atoms with E-state index < -0.39 is 9.84 Å². The van der Waals surface area contributed by atoms with Gasteiger partial charge in [0, 0.05) is 21.6 Å². The zero-order valence-corrected chi connectivity index (χ0v) is 12.8. The highest BCUT2D eigenvalue weighted by atomic mass is 127. The van der Waals surface area contributed by atoms with Gasteiger partial charge in [-0.2, -0.15) is 5.10 Å². The molecular formula is C12H13IN2O2S. The van der Waals surface area contributed by atoms with Crippen LogP contribution in [-0.4, -0.2) is 30.2 Å². The molecule has 0 aliphatic heterocycles. The van der Waals surface area contributed by atoms with Crippen molar-refractivity contribution in [1.29, 1.82) is 0 Å². The number of benzene rings is 1. The summed E-state index contributed by atoms with van der Waals surface area (Å²) in [6.45, 7) is 0.392. The predicted octanol–water partition coefficient (Wildman–Crippen LogP) is 2.20. The van der Waals surface area contributed by atoms with Gasteiger partial charge in [-0.1, -0.05) is 12.1 Å². The molecule has 18 heavy (non-hydrogen) atoms. The van der Waals surface area contributed by atoms with Gasteiger partial charge >= 0.3 is 0 Å². The molecule has 4 nitrogen and oxygen atoms in total. The minimum Gasteiger partial charge on any atom is -0.271 e. The number of sulfone groups is 1. The van der Waals surface area contributed by atoms with E-state index in [1.807, 2.05) is 24.4 Å². The molecule has 0 aliphatic rings. The third kappa shape index (κ3) is 3.81. The third-order valence-electron chi connectivity index (χ3n) is 2.48. The van der Waals surface area contributed by atoms with Crippen molar-refractivity contribution in [3.05, 3.63) is 40.2 Å². The van der Waals surface area contributed by atoms with Crippen LogP contribution >= 0.6 is 22.6 Å². The molecule has 1 aromatic heterocycles. The minimum absolute atomic E-state index is 0.112. The molecule has 2 rings (SSSR count). The van der Waals surface area contributed by atoms with Crippen LogP contribution in [0.2, 0.25) is 0 Å². The molecule has 0 saturated heterocycles. The van der Waals surface area contributed by atoms with Crippen molar-refractivity contribution in [3.8, 4) is 11.1 Å². The Morgan fingerprint density at radius 1 is 1.33 bits per heavy atom. The van der Waals surface area contributed by atoms with Gasteiger partial charge in [0.25, 0.3) is 0 Å². The molecule has 0 radical (unpaired) electrons. The van der Waals surface area contributed by atoms with E-state index in [0.717, 1.165) is 14.7 Å². The lowest BCUT2D eigenvalue weighted by Crippen LogP contribution is -2.11. The highest BCUT2D eigenvalue weighted by Gasteiger charge is 2.05. The normalized spacial score (nSPS) is 11.7. The van der Waals surface area contributed by atoms with Crippen LogP contribution in [-0.2, 0) is 16.4 Å². The van der Waals surface area contributed by atoms with Gasteiger partial charge in [0.2, 0.25) is 0 Å². The molecule has 96 valence electrons. The minimum atomic E-state index is -2.95. The summed E-state index contributed by atoms with van der Waals surface area (Å²) in [5.74, 6) is 0.112. The maximum atomic E-state index is 11.1. The lowest BCUT2D eigenvalue weighted by Gasteiger charge is -1.99. The fourth-order valence-electron chi connectivity index (χ4n) is 1.56. The number of nitrogens with zero attached hydrogens (tertiary/aromatic N) is 2. The Hall–Kier alpha value is -0.890. The van der Waals surface area contributed by atoms with Gasteiger partial charge in [-0.05, 0) is 40.3 Å². The average Bonchev–Trinajstić information content (AvgIpc) is 2.74. The van der Waals surface area contributed by atoms with E-state index in [1.165, 1.54) is 6.26 Å². The predicted molar refractivity (Wildman–Crippen MR) is 80.1 cm³/mol. The molecule has 0 spiro atoms. The highest BCUT2D eigenvalue weighted by Crippen LogP contribution is 2.20. The molecule has 0 aliphatic carbocycles. The first-order valence-electron chi connectivity index (χ1n) is 5.40. The van der Waals surface area contributed by atoms with Gasteiger partial charge < -0.3 is 0 Å². The topological polar surface area (TPSA) is 52.0 Å². The van der Waals surface area contributed by atoms with Crippen molar-refractivity contribution in [2.75, 3.05) is 12.0 Å². The first kappa shape index (κ1) is 13.5. The van der Waals surface area contributed by atoms with Crippen LogP contribution in [0.15, 0.2) is 36.7 Å². The van der Waals surface area contributed by atoms with Crippen LogP contribution in [0.25, 0.3) is 11.1 Å². The Kier molecular flexibility index (Phi) is 4.06. The van der Waals surface area contributed by atoms with E-state index in [0.29, 0.717) is 6.54 Å². The zero-order chi connectivity index (χ0) is 13.2. The lowest BCUT2D eigenvalue weighted by atomic mass is 10.1. The monoisotopic (exact) mass is 376 g/mol. The van der Waals surface area contributed by atoms with Crippen molar-refractivity contribution >= 4 is 32.4 Å². The third-order valence-corrected chi connectivity index (χ3v) is 4.08. The summed E-state index contributed by atoms with van der Waals surface area (Å²) in [4.78, 5) is 0. The molecular weight excluding hydrogens is 363 g/mol. The molecule has 0 saturated carbocycles. The summed E-state index contributed by atoms with van der Waals surface area (Å²) in [7, 11) is -2.95. The molecule has 0 fully saturated rings. The molecule has 6 heteroatoms. The molecule has 0 bridgehead atoms. The van der Waals surface area contributed by atoms with E-state index >= 15 is 0 Å². The lowest BCUT2D eigenvalue weighted by molar-refractivity contribution is 0.586. The summed E-state index contributed by atoms with van der Waals surface area (Å²) in [5, 5.41) is 4.18. The van der Waals surface area contributed by atoms with Gasteiger partial charge in [0.1, 0.15) is 9.84 Å². The average molecular weight is 376 g/mol. The molecule has 2 aromatic rings. The summed E-state index contributed by atoms with van der Waals surface area (Å²) in [5.41, 5.74) is 2.09. The molecule has 0 N–H and O–H groups in total. The fourth-order valence-corrected chi connectivity index (χ4v) is 2.62. The first-order chi connectivity index (χ1) is 8.44. The highest BCUT2D eigenvalue weighted by molar-refractivity contribution is 14.1. The SMILES string of the molecule is CS(=O)(=O)CCn1cc(-c2cccc(I)c2)cn1. The van der Waals surface area contributed by atoms with Crippen LogP contribution in [0.4, 0.5) is 0 Å². The van der Waals surface area contributed by atoms with Crippen LogP contribution < -0.4 is 0 Å². The van der Waals surface area contributed by atoms with Crippen molar-refractivity contribution in [2.45, 2.75) is 6.54 Å². The second-order valence-corrected chi connectivity index (χ2v) is 7.64. The van der Waals surface area contributed by atoms with E-state index in [-0.39, 0.29) is 5.75 Å².